The Morgan fingerprint density at radius 3 is 2.53 bits per heavy atom. The number of carboxylic acids is 1. The third-order valence-corrected chi connectivity index (χ3v) is 5.07. The normalized spacial score (nSPS) is 15.2. The monoisotopic (exact) mass is 442 g/mol. The van der Waals surface area contributed by atoms with Crippen LogP contribution in [-0.2, 0) is 28.6 Å². The number of benzene rings is 2. The number of ether oxygens (including phenoxy) is 1. The largest absolute Gasteiger partial charge is 0.481 e. The topological polar surface area (TPSA) is 88.5 Å². The SMILES string of the molecule is O=C(O)Cc1ccc(Oc2ccc(CC3C(=O)Nc4ccccc43)cc2C(F)(F)F)nc1. The highest BCUT2D eigenvalue weighted by Crippen LogP contribution is 2.40. The van der Waals surface area contributed by atoms with Crippen molar-refractivity contribution in [3.8, 4) is 11.6 Å². The van der Waals surface area contributed by atoms with Gasteiger partial charge in [0.1, 0.15) is 5.75 Å². The Morgan fingerprint density at radius 1 is 1.09 bits per heavy atom. The number of halogens is 3. The van der Waals surface area contributed by atoms with Crippen LogP contribution in [0.15, 0.2) is 60.8 Å². The summed E-state index contributed by atoms with van der Waals surface area (Å²) in [5, 5.41) is 11.5. The molecule has 0 saturated heterocycles. The van der Waals surface area contributed by atoms with Crippen LogP contribution in [-0.4, -0.2) is 22.0 Å². The van der Waals surface area contributed by atoms with Crippen molar-refractivity contribution >= 4 is 17.6 Å². The summed E-state index contributed by atoms with van der Waals surface area (Å²) < 4.78 is 46.5. The minimum Gasteiger partial charge on any atom is -0.481 e. The number of fused-ring (bicyclic) bond motifs is 1. The second-order valence-electron chi connectivity index (χ2n) is 7.34. The van der Waals surface area contributed by atoms with E-state index in [9.17, 15) is 22.8 Å². The minimum absolute atomic E-state index is 0.0958. The number of para-hydroxylation sites is 1. The lowest BCUT2D eigenvalue weighted by Gasteiger charge is -2.16. The van der Waals surface area contributed by atoms with Gasteiger partial charge in [-0.15, -0.1) is 0 Å². The maximum absolute atomic E-state index is 13.7. The zero-order chi connectivity index (χ0) is 22.9. The van der Waals surface area contributed by atoms with Gasteiger partial charge in [-0.3, -0.25) is 9.59 Å². The van der Waals surface area contributed by atoms with Crippen LogP contribution >= 0.6 is 0 Å². The van der Waals surface area contributed by atoms with E-state index in [-0.39, 0.29) is 24.6 Å². The first-order valence-corrected chi connectivity index (χ1v) is 9.65. The van der Waals surface area contributed by atoms with E-state index in [1.165, 1.54) is 30.5 Å². The zero-order valence-electron chi connectivity index (χ0n) is 16.5. The maximum atomic E-state index is 13.7. The number of pyridine rings is 1. The molecule has 0 radical (unpaired) electrons. The lowest BCUT2D eigenvalue weighted by molar-refractivity contribution is -0.139. The van der Waals surface area contributed by atoms with Gasteiger partial charge in [0.15, 0.2) is 0 Å². The fourth-order valence-corrected chi connectivity index (χ4v) is 3.59. The molecule has 3 aromatic rings. The number of aromatic nitrogens is 1. The van der Waals surface area contributed by atoms with Crippen LogP contribution in [0.3, 0.4) is 0 Å². The number of aliphatic carboxylic acids is 1. The van der Waals surface area contributed by atoms with Crippen molar-refractivity contribution in [1.29, 1.82) is 0 Å². The number of anilines is 1. The Hall–Kier alpha value is -3.88. The molecule has 0 bridgehead atoms. The van der Waals surface area contributed by atoms with Crippen molar-refractivity contribution < 1.29 is 32.6 Å². The maximum Gasteiger partial charge on any atom is 0.419 e. The lowest BCUT2D eigenvalue weighted by Crippen LogP contribution is -2.15. The first-order valence-electron chi connectivity index (χ1n) is 9.65. The first-order chi connectivity index (χ1) is 15.2. The Bertz CT molecular complexity index is 1180. The minimum atomic E-state index is -4.69. The summed E-state index contributed by atoms with van der Waals surface area (Å²) in [4.78, 5) is 26.9. The fraction of sp³-hybridized carbons (Fsp3) is 0.174. The summed E-state index contributed by atoms with van der Waals surface area (Å²) in [5.74, 6) is -2.42. The molecule has 0 fully saturated rings. The van der Waals surface area contributed by atoms with E-state index >= 15 is 0 Å². The van der Waals surface area contributed by atoms with Gasteiger partial charge >= 0.3 is 12.1 Å². The number of hydrogen-bond acceptors (Lipinski definition) is 4. The number of nitrogens with one attached hydrogen (secondary N) is 1. The van der Waals surface area contributed by atoms with Crippen molar-refractivity contribution in [2.24, 2.45) is 0 Å². The second kappa shape index (κ2) is 8.33. The summed E-state index contributed by atoms with van der Waals surface area (Å²) in [5.41, 5.74) is 1.16. The summed E-state index contributed by atoms with van der Waals surface area (Å²) in [6.45, 7) is 0. The lowest BCUT2D eigenvalue weighted by atomic mass is 9.92. The summed E-state index contributed by atoms with van der Waals surface area (Å²) in [6, 6.07) is 13.5. The van der Waals surface area contributed by atoms with Crippen LogP contribution < -0.4 is 10.1 Å². The van der Waals surface area contributed by atoms with Crippen molar-refractivity contribution in [3.63, 3.8) is 0 Å². The molecule has 0 saturated carbocycles. The van der Waals surface area contributed by atoms with Gasteiger partial charge in [-0.05, 0) is 41.3 Å². The highest BCUT2D eigenvalue weighted by molar-refractivity contribution is 6.03. The molecule has 0 spiro atoms. The van der Waals surface area contributed by atoms with Gasteiger partial charge in [-0.1, -0.05) is 30.3 Å². The van der Waals surface area contributed by atoms with Crippen LogP contribution in [0.1, 0.15) is 28.2 Å². The van der Waals surface area contributed by atoms with E-state index in [0.29, 0.717) is 16.8 Å². The number of rotatable bonds is 6. The van der Waals surface area contributed by atoms with Crippen molar-refractivity contribution in [2.45, 2.75) is 24.9 Å². The summed E-state index contributed by atoms with van der Waals surface area (Å²) >= 11 is 0. The predicted molar refractivity (Wildman–Crippen MR) is 109 cm³/mol. The van der Waals surface area contributed by atoms with Gasteiger partial charge in [-0.25, -0.2) is 4.98 Å². The van der Waals surface area contributed by atoms with Gasteiger partial charge < -0.3 is 15.2 Å². The highest BCUT2D eigenvalue weighted by Gasteiger charge is 2.36. The molecule has 1 amide bonds. The number of carbonyl (C=O) groups is 2. The van der Waals surface area contributed by atoms with Crippen LogP contribution in [0, 0.1) is 0 Å². The standard InChI is InChI=1S/C23H17F3N2O4/c24-23(25,26)17-10-13(9-16-15-3-1-2-4-18(15)28-22(16)31)5-7-19(17)32-20-8-6-14(12-27-20)11-21(29)30/h1-8,10,12,16H,9,11H2,(H,28,31)(H,29,30). The molecular weight excluding hydrogens is 425 g/mol. The molecule has 1 atom stereocenters. The Morgan fingerprint density at radius 2 is 1.84 bits per heavy atom. The van der Waals surface area contributed by atoms with E-state index in [1.807, 2.05) is 0 Å². The van der Waals surface area contributed by atoms with Crippen LogP contribution in [0.25, 0.3) is 0 Å². The average Bonchev–Trinajstić information content (AvgIpc) is 3.04. The molecular formula is C23H17F3N2O4. The van der Waals surface area contributed by atoms with Crippen LogP contribution in [0.4, 0.5) is 18.9 Å². The first kappa shape index (κ1) is 21.4. The number of carbonyl (C=O) groups excluding carboxylic acids is 1. The van der Waals surface area contributed by atoms with E-state index in [4.69, 9.17) is 9.84 Å². The van der Waals surface area contributed by atoms with Gasteiger partial charge in [0.05, 0.1) is 17.9 Å². The Labute approximate surface area is 180 Å². The van der Waals surface area contributed by atoms with Crippen molar-refractivity contribution in [2.75, 3.05) is 5.32 Å². The van der Waals surface area contributed by atoms with Gasteiger partial charge in [0, 0.05) is 18.0 Å². The number of carboxylic acid groups (broad SMARTS) is 1. The van der Waals surface area contributed by atoms with Crippen molar-refractivity contribution in [3.05, 3.63) is 83.0 Å². The summed E-state index contributed by atoms with van der Waals surface area (Å²) in [6.07, 6.45) is -3.60. The molecule has 0 aliphatic carbocycles. The molecule has 2 heterocycles. The quantitative estimate of drug-likeness (QED) is 0.573. The number of amides is 1. The van der Waals surface area contributed by atoms with Crippen molar-refractivity contribution in [1.82, 2.24) is 4.98 Å². The Kier molecular flexibility index (Phi) is 5.56. The molecule has 9 heteroatoms. The van der Waals surface area contributed by atoms with Gasteiger partial charge in [-0.2, -0.15) is 13.2 Å². The molecule has 4 rings (SSSR count). The number of alkyl halides is 3. The van der Waals surface area contributed by atoms with E-state index in [1.54, 1.807) is 24.3 Å². The third kappa shape index (κ3) is 4.56. The van der Waals surface area contributed by atoms with E-state index in [2.05, 4.69) is 10.3 Å². The molecule has 32 heavy (non-hydrogen) atoms. The Balaban J connectivity index is 1.59. The smallest absolute Gasteiger partial charge is 0.419 e. The third-order valence-electron chi connectivity index (χ3n) is 5.07. The molecule has 6 nitrogen and oxygen atoms in total. The molecule has 164 valence electrons. The number of nitrogens with zero attached hydrogens (tertiary/aromatic N) is 1. The molecule has 2 N–H and O–H groups in total. The zero-order valence-corrected chi connectivity index (χ0v) is 16.5. The molecule has 1 aliphatic heterocycles. The van der Waals surface area contributed by atoms with Gasteiger partial charge in [0.2, 0.25) is 11.8 Å². The van der Waals surface area contributed by atoms with Crippen LogP contribution in [0.5, 0.6) is 11.6 Å². The predicted octanol–water partition coefficient (Wildman–Crippen LogP) is 4.80. The highest BCUT2D eigenvalue weighted by atomic mass is 19.4. The molecule has 2 aromatic carbocycles. The average molecular weight is 442 g/mol. The summed E-state index contributed by atoms with van der Waals surface area (Å²) in [7, 11) is 0. The molecule has 1 aromatic heterocycles. The molecule has 1 aliphatic rings. The number of hydrogen-bond donors (Lipinski definition) is 2. The van der Waals surface area contributed by atoms with E-state index in [0.717, 1.165) is 11.6 Å². The van der Waals surface area contributed by atoms with E-state index < -0.39 is 29.4 Å². The fourth-order valence-electron chi connectivity index (χ4n) is 3.59. The van der Waals surface area contributed by atoms with Gasteiger partial charge in [0.25, 0.3) is 0 Å². The van der Waals surface area contributed by atoms with Crippen LogP contribution in [0.2, 0.25) is 0 Å². The second-order valence-corrected chi connectivity index (χ2v) is 7.34. The molecule has 1 unspecified atom stereocenters.